The van der Waals surface area contributed by atoms with Gasteiger partial charge < -0.3 is 40.4 Å². The van der Waals surface area contributed by atoms with Gasteiger partial charge in [0, 0.05) is 24.4 Å². The Morgan fingerprint density at radius 2 is 2.06 bits per heavy atom. The molecule has 0 aromatic rings. The summed E-state index contributed by atoms with van der Waals surface area (Å²) in [4.78, 5) is 5.32. The molecule has 1 aliphatic rings. The molecule has 0 aliphatic heterocycles. The summed E-state index contributed by atoms with van der Waals surface area (Å²) in [5.74, 6) is 0. The standard InChI is InChI=1S/C11H17N3O.2ClH.Zn/c1-3-14(6-7-15)10-4-5-11(13-12)9(2)8-10;;;/h4,8,15H,3,5-7H2,1-2H3;2*1H;/q;;;+2/p-2. The summed E-state index contributed by atoms with van der Waals surface area (Å²) in [6.07, 6.45) is 4.65. The quantitative estimate of drug-likeness (QED) is 0.316. The molecule has 0 amide bonds. The van der Waals surface area contributed by atoms with Gasteiger partial charge in [0.25, 0.3) is 5.71 Å². The summed E-state index contributed by atoms with van der Waals surface area (Å²) in [6, 6.07) is 0. The molecular formula is C11H17Cl2N3OZn. The number of aliphatic hydroxyl groups is 1. The van der Waals surface area contributed by atoms with Crippen LogP contribution in [0.15, 0.2) is 23.4 Å². The van der Waals surface area contributed by atoms with Gasteiger partial charge in [-0.05, 0) is 26.0 Å². The third-order valence-corrected chi connectivity index (χ3v) is 2.56. The summed E-state index contributed by atoms with van der Waals surface area (Å²) in [5.41, 5.74) is 11.5. The van der Waals surface area contributed by atoms with Gasteiger partial charge in [-0.15, -0.1) is 0 Å². The van der Waals surface area contributed by atoms with Crippen molar-refractivity contribution in [2.75, 3.05) is 19.7 Å². The van der Waals surface area contributed by atoms with Crippen LogP contribution >= 0.6 is 0 Å². The predicted molar refractivity (Wildman–Crippen MR) is 59.4 cm³/mol. The number of halogens is 2. The van der Waals surface area contributed by atoms with Crippen molar-refractivity contribution in [3.63, 3.8) is 0 Å². The third-order valence-electron chi connectivity index (χ3n) is 2.56. The summed E-state index contributed by atoms with van der Waals surface area (Å²) in [7, 11) is 0. The van der Waals surface area contributed by atoms with Crippen LogP contribution in [0.2, 0.25) is 0 Å². The molecule has 0 bridgehead atoms. The van der Waals surface area contributed by atoms with Crippen LogP contribution in [0, 0.1) is 0 Å². The Bertz CT molecular complexity index is 352. The van der Waals surface area contributed by atoms with E-state index in [9.17, 15) is 0 Å². The first-order chi connectivity index (χ1) is 7.22. The van der Waals surface area contributed by atoms with Gasteiger partial charge in [-0.25, -0.2) is 0 Å². The van der Waals surface area contributed by atoms with E-state index in [1.165, 1.54) is 0 Å². The Balaban J connectivity index is -0.000000750. The molecule has 4 nitrogen and oxygen atoms in total. The van der Waals surface area contributed by atoms with Gasteiger partial charge in [0.1, 0.15) is 0 Å². The number of aliphatic hydroxyl groups excluding tert-OH is 1. The molecule has 98 valence electrons. The predicted octanol–water partition coefficient (Wildman–Crippen LogP) is -4.79. The maximum absolute atomic E-state index is 8.91. The van der Waals surface area contributed by atoms with E-state index < -0.39 is 0 Å². The molecule has 1 aliphatic carbocycles. The third kappa shape index (κ3) is 6.13. The SMILES string of the molecule is CCN(CCO)C1=CCC(=[N+]=[N-])C(C)=C1.[Cl-].[Cl-].[Zn+2]. The van der Waals surface area contributed by atoms with Crippen molar-refractivity contribution in [1.82, 2.24) is 4.90 Å². The number of likely N-dealkylation sites (N-methyl/N-ethyl adjacent to an activating group) is 1. The van der Waals surface area contributed by atoms with E-state index in [1.807, 2.05) is 19.1 Å². The molecule has 7 heteroatoms. The average molecular weight is 344 g/mol. The van der Waals surface area contributed by atoms with Crippen molar-refractivity contribution < 1.29 is 54.2 Å². The zero-order valence-corrected chi connectivity index (χ0v) is 15.2. The summed E-state index contributed by atoms with van der Waals surface area (Å²) in [6.45, 7) is 5.63. The van der Waals surface area contributed by atoms with Crippen LogP contribution in [0.1, 0.15) is 20.3 Å². The zero-order chi connectivity index (χ0) is 11.3. The van der Waals surface area contributed by atoms with Crippen molar-refractivity contribution in [3.05, 3.63) is 29.0 Å². The molecule has 0 heterocycles. The zero-order valence-electron chi connectivity index (χ0n) is 10.7. The van der Waals surface area contributed by atoms with Gasteiger partial charge >= 0.3 is 19.5 Å². The second-order valence-electron chi connectivity index (χ2n) is 3.51. The fourth-order valence-electron chi connectivity index (χ4n) is 1.66. The molecule has 0 aromatic heterocycles. The normalized spacial score (nSPS) is 12.9. The second-order valence-corrected chi connectivity index (χ2v) is 3.51. The minimum atomic E-state index is 0. The van der Waals surface area contributed by atoms with Crippen LogP contribution in [0.3, 0.4) is 0 Å². The van der Waals surface area contributed by atoms with Gasteiger partial charge in [0.2, 0.25) is 0 Å². The van der Waals surface area contributed by atoms with Crippen LogP contribution < -0.4 is 24.8 Å². The monoisotopic (exact) mass is 341 g/mol. The summed E-state index contributed by atoms with van der Waals surface area (Å²) >= 11 is 0. The molecule has 0 radical (unpaired) electrons. The van der Waals surface area contributed by atoms with E-state index in [2.05, 4.69) is 16.6 Å². The molecular weight excluding hydrogens is 326 g/mol. The maximum atomic E-state index is 8.91. The molecule has 0 unspecified atom stereocenters. The van der Waals surface area contributed by atoms with Crippen molar-refractivity contribution in [2.45, 2.75) is 20.3 Å². The van der Waals surface area contributed by atoms with Crippen molar-refractivity contribution in [2.24, 2.45) is 0 Å². The van der Waals surface area contributed by atoms with Gasteiger partial charge in [0.15, 0.2) is 0 Å². The van der Waals surface area contributed by atoms with E-state index in [1.54, 1.807) is 0 Å². The smallest absolute Gasteiger partial charge is 1.00 e. The largest absolute Gasteiger partial charge is 2.00 e. The molecule has 0 fully saturated rings. The summed E-state index contributed by atoms with van der Waals surface area (Å²) in [5, 5.41) is 8.91. The first-order valence-corrected chi connectivity index (χ1v) is 5.18. The van der Waals surface area contributed by atoms with Crippen LogP contribution in [0.5, 0.6) is 0 Å². The van der Waals surface area contributed by atoms with Gasteiger partial charge in [-0.2, -0.15) is 4.79 Å². The molecule has 0 saturated heterocycles. The minimum Gasteiger partial charge on any atom is -1.00 e. The maximum Gasteiger partial charge on any atom is 2.00 e. The first kappa shape index (κ1) is 23.0. The van der Waals surface area contributed by atoms with Crippen molar-refractivity contribution >= 4 is 5.71 Å². The van der Waals surface area contributed by atoms with Gasteiger partial charge in [-0.3, -0.25) is 0 Å². The van der Waals surface area contributed by atoms with E-state index in [0.29, 0.717) is 18.7 Å². The molecule has 0 atom stereocenters. The number of nitrogens with zero attached hydrogens (tertiary/aromatic N) is 3. The fraction of sp³-hybridized carbons (Fsp3) is 0.545. The topological polar surface area (TPSA) is 59.9 Å². The molecule has 0 spiro atoms. The Morgan fingerprint density at radius 3 is 2.44 bits per heavy atom. The minimum absolute atomic E-state index is 0. The van der Waals surface area contributed by atoms with Crippen LogP contribution in [0.4, 0.5) is 0 Å². The van der Waals surface area contributed by atoms with E-state index in [4.69, 9.17) is 10.6 Å². The van der Waals surface area contributed by atoms with Crippen LogP contribution in [0.25, 0.3) is 5.53 Å². The van der Waals surface area contributed by atoms with Gasteiger partial charge in [-0.1, -0.05) is 0 Å². The van der Waals surface area contributed by atoms with Crippen molar-refractivity contribution in [1.29, 1.82) is 0 Å². The molecule has 1 N–H and O–H groups in total. The Kier molecular flexibility index (Phi) is 15.2. The van der Waals surface area contributed by atoms with Gasteiger partial charge in [0.05, 0.1) is 13.0 Å². The van der Waals surface area contributed by atoms with E-state index >= 15 is 0 Å². The number of hydrogen-bond acceptors (Lipinski definition) is 2. The Morgan fingerprint density at radius 1 is 1.44 bits per heavy atom. The van der Waals surface area contributed by atoms with Crippen LogP contribution in [-0.2, 0) is 19.5 Å². The molecule has 18 heavy (non-hydrogen) atoms. The second kappa shape index (κ2) is 11.9. The fourth-order valence-corrected chi connectivity index (χ4v) is 1.66. The van der Waals surface area contributed by atoms with E-state index in [-0.39, 0.29) is 50.9 Å². The summed E-state index contributed by atoms with van der Waals surface area (Å²) < 4.78 is 0. The number of rotatable bonds is 4. The number of hydrogen-bond donors (Lipinski definition) is 1. The number of allylic oxidation sites excluding steroid dienone is 3. The molecule has 0 saturated carbocycles. The molecule has 0 aromatic carbocycles. The van der Waals surface area contributed by atoms with Crippen molar-refractivity contribution in [3.8, 4) is 0 Å². The van der Waals surface area contributed by atoms with Crippen LogP contribution in [-0.4, -0.2) is 40.2 Å². The first-order valence-electron chi connectivity index (χ1n) is 5.18. The Hall–Kier alpha value is -0.177. The average Bonchev–Trinajstić information content (AvgIpc) is 2.25. The Labute approximate surface area is 133 Å². The molecule has 1 rings (SSSR count). The van der Waals surface area contributed by atoms with E-state index in [0.717, 1.165) is 17.8 Å².